The molecule has 7 heteroatoms. The Bertz CT molecular complexity index is 391. The second-order valence-corrected chi connectivity index (χ2v) is 4.10. The van der Waals surface area contributed by atoms with Crippen molar-refractivity contribution < 1.29 is 9.21 Å². The van der Waals surface area contributed by atoms with Gasteiger partial charge in [0, 0.05) is 12.6 Å². The topological polar surface area (TPSA) is 111 Å². The van der Waals surface area contributed by atoms with E-state index in [-0.39, 0.29) is 23.9 Å². The van der Waals surface area contributed by atoms with Gasteiger partial charge in [0.1, 0.15) is 0 Å². The average Bonchev–Trinajstić information content (AvgIpc) is 2.65. The summed E-state index contributed by atoms with van der Waals surface area (Å²) < 4.78 is 5.15. The predicted molar refractivity (Wildman–Crippen MR) is 57.4 cm³/mol. The summed E-state index contributed by atoms with van der Waals surface area (Å²) in [4.78, 5) is 13.0. The van der Waals surface area contributed by atoms with Gasteiger partial charge in [-0.05, 0) is 19.8 Å². The summed E-state index contributed by atoms with van der Waals surface area (Å²) in [6.07, 6.45) is 1.67. The van der Waals surface area contributed by atoms with Crippen LogP contribution in [0.3, 0.4) is 0 Å². The van der Waals surface area contributed by atoms with Crippen LogP contribution in [0.5, 0.6) is 0 Å². The van der Waals surface area contributed by atoms with Gasteiger partial charge in [-0.1, -0.05) is 10.2 Å². The van der Waals surface area contributed by atoms with E-state index in [1.54, 1.807) is 0 Å². The summed E-state index contributed by atoms with van der Waals surface area (Å²) in [5, 5.41) is 7.42. The molecule has 4 N–H and O–H groups in total. The van der Waals surface area contributed by atoms with Gasteiger partial charge >= 0.3 is 12.0 Å². The van der Waals surface area contributed by atoms with Crippen LogP contribution >= 0.6 is 0 Å². The van der Waals surface area contributed by atoms with Gasteiger partial charge in [0.05, 0.1) is 5.92 Å². The fourth-order valence-electron chi connectivity index (χ4n) is 1.95. The van der Waals surface area contributed by atoms with E-state index in [9.17, 15) is 4.79 Å². The minimum absolute atomic E-state index is 0.0309. The predicted octanol–water partition coefficient (Wildman–Crippen LogP) is -0.258. The zero-order chi connectivity index (χ0) is 11.7. The number of aromatic nitrogens is 2. The van der Waals surface area contributed by atoms with Crippen LogP contribution in [0, 0.1) is 5.92 Å². The molecule has 0 radical (unpaired) electrons. The number of hydrogen-bond acceptors (Lipinski definition) is 6. The highest BCUT2D eigenvalue weighted by atomic mass is 16.4. The normalized spacial score (nSPS) is 25.7. The Balaban J connectivity index is 2.15. The molecule has 16 heavy (non-hydrogen) atoms. The van der Waals surface area contributed by atoms with Crippen LogP contribution in [0.1, 0.15) is 19.8 Å². The monoisotopic (exact) mass is 225 g/mol. The maximum atomic E-state index is 11.1. The molecule has 0 spiro atoms. The summed E-state index contributed by atoms with van der Waals surface area (Å²) in [5.41, 5.74) is 10.7. The summed E-state index contributed by atoms with van der Waals surface area (Å²) in [7, 11) is 0. The number of nitrogens with two attached hydrogens (primary N) is 2. The Morgan fingerprint density at radius 2 is 2.25 bits per heavy atom. The zero-order valence-corrected chi connectivity index (χ0v) is 9.09. The number of carbonyl (C=O) groups excluding carboxylic acids is 1. The van der Waals surface area contributed by atoms with Gasteiger partial charge in [-0.15, -0.1) is 0 Å². The third-order valence-corrected chi connectivity index (χ3v) is 2.96. The Hall–Kier alpha value is -1.79. The van der Waals surface area contributed by atoms with E-state index in [4.69, 9.17) is 15.9 Å². The number of rotatable bonds is 2. The van der Waals surface area contributed by atoms with Crippen LogP contribution in [0.4, 0.5) is 12.0 Å². The van der Waals surface area contributed by atoms with Gasteiger partial charge in [0.25, 0.3) is 0 Å². The molecule has 1 aliphatic heterocycles. The molecule has 2 heterocycles. The maximum Gasteiger partial charge on any atom is 0.319 e. The van der Waals surface area contributed by atoms with Crippen molar-refractivity contribution in [2.75, 3.05) is 17.2 Å². The quantitative estimate of drug-likeness (QED) is 0.717. The van der Waals surface area contributed by atoms with Crippen molar-refractivity contribution in [3.05, 3.63) is 0 Å². The van der Waals surface area contributed by atoms with Crippen molar-refractivity contribution in [1.82, 2.24) is 10.2 Å². The Labute approximate surface area is 92.8 Å². The molecule has 2 unspecified atom stereocenters. The molecule has 2 rings (SSSR count). The highest BCUT2D eigenvalue weighted by Crippen LogP contribution is 2.26. The summed E-state index contributed by atoms with van der Waals surface area (Å²) >= 11 is 0. The zero-order valence-electron chi connectivity index (χ0n) is 9.09. The lowest BCUT2D eigenvalue weighted by Crippen LogP contribution is -2.46. The molecule has 0 saturated carbocycles. The molecular formula is C9H15N5O2. The number of carbonyl (C=O) groups is 1. The van der Waals surface area contributed by atoms with Crippen LogP contribution < -0.4 is 16.4 Å². The van der Waals surface area contributed by atoms with Gasteiger partial charge in [0.15, 0.2) is 0 Å². The van der Waals surface area contributed by atoms with E-state index in [1.807, 2.05) is 11.8 Å². The number of nitrogens with zero attached hydrogens (tertiary/aromatic N) is 3. The van der Waals surface area contributed by atoms with Gasteiger partial charge < -0.3 is 20.8 Å². The number of hydrogen-bond donors (Lipinski definition) is 2. The SMILES string of the molecule is CC1CCC(C(N)=O)CN1c1nnc(N)o1. The molecule has 1 aromatic heterocycles. The third-order valence-electron chi connectivity index (χ3n) is 2.96. The molecule has 1 aliphatic rings. The Morgan fingerprint density at radius 1 is 1.50 bits per heavy atom. The first-order valence-corrected chi connectivity index (χ1v) is 5.23. The molecule has 1 amide bonds. The molecule has 1 fully saturated rings. The van der Waals surface area contributed by atoms with Crippen molar-refractivity contribution in [1.29, 1.82) is 0 Å². The van der Waals surface area contributed by atoms with Crippen LogP contribution in [0.2, 0.25) is 0 Å². The summed E-state index contributed by atoms with van der Waals surface area (Å²) in [6.45, 7) is 2.55. The molecule has 0 bridgehead atoms. The van der Waals surface area contributed by atoms with E-state index >= 15 is 0 Å². The van der Waals surface area contributed by atoms with Gasteiger partial charge in [0.2, 0.25) is 5.91 Å². The Kier molecular flexibility index (Phi) is 2.67. The second-order valence-electron chi connectivity index (χ2n) is 4.10. The lowest BCUT2D eigenvalue weighted by Gasteiger charge is -2.35. The average molecular weight is 225 g/mol. The Morgan fingerprint density at radius 3 is 2.81 bits per heavy atom. The minimum Gasteiger partial charge on any atom is -0.390 e. The van der Waals surface area contributed by atoms with E-state index in [1.165, 1.54) is 0 Å². The smallest absolute Gasteiger partial charge is 0.319 e. The second kappa shape index (κ2) is 3.99. The van der Waals surface area contributed by atoms with Crippen LogP contribution in [-0.4, -0.2) is 28.7 Å². The molecule has 88 valence electrons. The van der Waals surface area contributed by atoms with Crippen molar-refractivity contribution in [3.63, 3.8) is 0 Å². The minimum atomic E-state index is -0.288. The first-order valence-electron chi connectivity index (χ1n) is 5.23. The standard InChI is InChI=1S/C9H15N5O2/c1-5-2-3-6(7(10)15)4-14(5)9-13-12-8(11)16-9/h5-6H,2-4H2,1H3,(H2,10,15)(H2,11,12). The lowest BCUT2D eigenvalue weighted by molar-refractivity contribution is -0.122. The van der Waals surface area contributed by atoms with Crippen LogP contribution in [0.25, 0.3) is 0 Å². The molecule has 0 aliphatic carbocycles. The van der Waals surface area contributed by atoms with E-state index in [0.29, 0.717) is 12.6 Å². The first kappa shape index (κ1) is 10.7. The van der Waals surface area contributed by atoms with Gasteiger partial charge in [-0.3, -0.25) is 4.79 Å². The van der Waals surface area contributed by atoms with E-state index in [2.05, 4.69) is 10.2 Å². The highest BCUT2D eigenvalue weighted by Gasteiger charge is 2.31. The maximum absolute atomic E-state index is 11.1. The molecular weight excluding hydrogens is 210 g/mol. The molecule has 0 aromatic carbocycles. The number of anilines is 2. The van der Waals surface area contributed by atoms with Crippen molar-refractivity contribution in [2.45, 2.75) is 25.8 Å². The number of piperidine rings is 1. The van der Waals surface area contributed by atoms with Gasteiger partial charge in [-0.2, -0.15) is 0 Å². The lowest BCUT2D eigenvalue weighted by atomic mass is 9.93. The summed E-state index contributed by atoms with van der Waals surface area (Å²) in [6, 6.07) is 0.634. The fourth-order valence-corrected chi connectivity index (χ4v) is 1.95. The third kappa shape index (κ3) is 1.93. The van der Waals surface area contributed by atoms with Crippen LogP contribution in [-0.2, 0) is 4.79 Å². The van der Waals surface area contributed by atoms with E-state index < -0.39 is 0 Å². The van der Waals surface area contributed by atoms with Crippen LogP contribution in [0.15, 0.2) is 4.42 Å². The highest BCUT2D eigenvalue weighted by molar-refractivity contribution is 5.77. The van der Waals surface area contributed by atoms with Crippen molar-refractivity contribution >= 4 is 17.9 Å². The number of primary amides is 1. The fraction of sp³-hybridized carbons (Fsp3) is 0.667. The largest absolute Gasteiger partial charge is 0.390 e. The number of amides is 1. The van der Waals surface area contributed by atoms with E-state index in [0.717, 1.165) is 12.8 Å². The first-order chi connectivity index (χ1) is 7.58. The molecule has 7 nitrogen and oxygen atoms in total. The molecule has 1 saturated heterocycles. The van der Waals surface area contributed by atoms with Crippen molar-refractivity contribution in [2.24, 2.45) is 11.7 Å². The van der Waals surface area contributed by atoms with Gasteiger partial charge in [-0.25, -0.2) is 0 Å². The number of nitrogen functional groups attached to an aromatic ring is 1. The molecule has 1 aromatic rings. The molecule has 2 atom stereocenters. The summed E-state index contributed by atoms with van der Waals surface area (Å²) in [5.74, 6) is -0.450. The van der Waals surface area contributed by atoms with Crippen molar-refractivity contribution in [3.8, 4) is 0 Å².